The third-order valence-electron chi connectivity index (χ3n) is 8.51. The highest BCUT2D eigenvalue weighted by atomic mass is 16.5. The fourth-order valence-electron chi connectivity index (χ4n) is 5.96. The van der Waals surface area contributed by atoms with Gasteiger partial charge < -0.3 is 14.6 Å². The average molecular weight is 523 g/mol. The quantitative estimate of drug-likeness (QED) is 0.238. The number of fused-ring (bicyclic) bond motifs is 5. The molecule has 0 unspecified atom stereocenters. The highest BCUT2D eigenvalue weighted by molar-refractivity contribution is 6.11. The van der Waals surface area contributed by atoms with E-state index in [0.717, 1.165) is 37.0 Å². The minimum Gasteiger partial charge on any atom is -0.507 e. The van der Waals surface area contributed by atoms with Crippen molar-refractivity contribution in [3.05, 3.63) is 112 Å². The van der Waals surface area contributed by atoms with E-state index in [0.29, 0.717) is 29.0 Å². The second-order valence-corrected chi connectivity index (χ2v) is 11.1. The third-order valence-corrected chi connectivity index (χ3v) is 8.51. The van der Waals surface area contributed by atoms with Gasteiger partial charge in [-0.3, -0.25) is 4.79 Å². The Balaban J connectivity index is 1.51. The zero-order valence-electron chi connectivity index (χ0n) is 23.4. The minimum atomic E-state index is -0.501. The standard InChI is InChI=1S/C35H38O4/c1-5-23(2)17-18-24(3)12-11-21-35(4)28-22-38-29-16-10-9-15-26(29)31(28)32-30(39-35)20-19-27(34(32)37)33(36)25-13-7-6-8-14-25/h5-10,12-16,19-20,28,31,37H,11,17-18,21-22H2,1-4H3/b23-5+,24-12+/t28-,31+,35+/m1/s1. The molecule has 39 heavy (non-hydrogen) atoms. The molecule has 1 N–H and O–H groups in total. The van der Waals surface area contributed by atoms with Gasteiger partial charge in [-0.1, -0.05) is 71.8 Å². The van der Waals surface area contributed by atoms with Gasteiger partial charge in [0.25, 0.3) is 0 Å². The first-order valence-electron chi connectivity index (χ1n) is 14.0. The van der Waals surface area contributed by atoms with Crippen molar-refractivity contribution in [2.24, 2.45) is 5.92 Å². The maximum absolute atomic E-state index is 13.4. The Morgan fingerprint density at radius 3 is 2.46 bits per heavy atom. The van der Waals surface area contributed by atoms with Crippen LogP contribution in [0.4, 0.5) is 0 Å². The monoisotopic (exact) mass is 522 g/mol. The van der Waals surface area contributed by atoms with E-state index in [9.17, 15) is 9.90 Å². The number of rotatable bonds is 8. The molecule has 4 nitrogen and oxygen atoms in total. The summed E-state index contributed by atoms with van der Waals surface area (Å²) >= 11 is 0. The predicted octanol–water partition coefficient (Wildman–Crippen LogP) is 8.39. The van der Waals surface area contributed by atoms with E-state index in [-0.39, 0.29) is 23.4 Å². The van der Waals surface area contributed by atoms with Crippen molar-refractivity contribution in [1.82, 2.24) is 0 Å². The Morgan fingerprint density at radius 1 is 0.974 bits per heavy atom. The fourth-order valence-corrected chi connectivity index (χ4v) is 5.96. The number of phenolic OH excluding ortho intramolecular Hbond substituents is 1. The number of allylic oxidation sites excluding steroid dienone is 4. The van der Waals surface area contributed by atoms with E-state index in [1.54, 1.807) is 18.2 Å². The number of ketones is 1. The summed E-state index contributed by atoms with van der Waals surface area (Å²) in [5.41, 5.74) is 4.85. The van der Waals surface area contributed by atoms with Crippen LogP contribution in [0, 0.1) is 5.92 Å². The van der Waals surface area contributed by atoms with Gasteiger partial charge in [-0.05, 0) is 71.6 Å². The lowest BCUT2D eigenvalue weighted by atomic mass is 9.67. The lowest BCUT2D eigenvalue weighted by Crippen LogP contribution is -2.51. The van der Waals surface area contributed by atoms with E-state index in [2.05, 4.69) is 45.9 Å². The molecule has 2 heterocycles. The van der Waals surface area contributed by atoms with E-state index in [1.165, 1.54) is 11.1 Å². The number of hydrogen-bond donors (Lipinski definition) is 1. The molecule has 4 heteroatoms. The van der Waals surface area contributed by atoms with Crippen molar-refractivity contribution >= 4 is 5.78 Å². The number of carbonyl (C=O) groups excluding carboxylic acids is 1. The third kappa shape index (κ3) is 5.25. The average Bonchev–Trinajstić information content (AvgIpc) is 2.96. The molecule has 0 spiro atoms. The van der Waals surface area contributed by atoms with Crippen LogP contribution in [-0.2, 0) is 0 Å². The summed E-state index contributed by atoms with van der Waals surface area (Å²) in [6.07, 6.45) is 8.37. The zero-order chi connectivity index (χ0) is 27.6. The van der Waals surface area contributed by atoms with Gasteiger partial charge in [-0.25, -0.2) is 0 Å². The molecular formula is C35H38O4. The molecule has 0 fully saturated rings. The van der Waals surface area contributed by atoms with Crippen molar-refractivity contribution in [3.8, 4) is 17.2 Å². The topological polar surface area (TPSA) is 55.8 Å². The van der Waals surface area contributed by atoms with Crippen molar-refractivity contribution in [3.63, 3.8) is 0 Å². The Morgan fingerprint density at radius 2 is 1.69 bits per heavy atom. The van der Waals surface area contributed by atoms with E-state index in [4.69, 9.17) is 9.47 Å². The summed E-state index contributed by atoms with van der Waals surface area (Å²) < 4.78 is 13.0. The highest BCUT2D eigenvalue weighted by Crippen LogP contribution is 2.56. The number of ether oxygens (including phenoxy) is 2. The first-order valence-corrected chi connectivity index (χ1v) is 14.0. The van der Waals surface area contributed by atoms with Gasteiger partial charge in [0.2, 0.25) is 0 Å². The SMILES string of the molecule is C/C=C(\C)CC/C(C)=C/CC[C@]1(C)Oc2ccc(C(=O)c3ccccc3)c(O)c2[C@H]2c3ccccc3OC[C@H]21. The second kappa shape index (κ2) is 11.1. The number of para-hydroxylation sites is 1. The molecule has 0 bridgehead atoms. The van der Waals surface area contributed by atoms with Crippen LogP contribution in [0.2, 0.25) is 0 Å². The largest absolute Gasteiger partial charge is 0.507 e. The predicted molar refractivity (Wildman–Crippen MR) is 156 cm³/mol. The number of hydrogen-bond acceptors (Lipinski definition) is 4. The highest BCUT2D eigenvalue weighted by Gasteiger charge is 2.51. The van der Waals surface area contributed by atoms with Crippen LogP contribution < -0.4 is 9.47 Å². The van der Waals surface area contributed by atoms with Gasteiger partial charge in [0.05, 0.1) is 12.2 Å². The molecular weight excluding hydrogens is 484 g/mol. The lowest BCUT2D eigenvalue weighted by Gasteiger charge is -2.49. The van der Waals surface area contributed by atoms with Crippen LogP contribution >= 0.6 is 0 Å². The molecule has 0 amide bonds. The summed E-state index contributed by atoms with van der Waals surface area (Å²) in [7, 11) is 0. The molecule has 2 aliphatic rings. The van der Waals surface area contributed by atoms with Gasteiger partial charge >= 0.3 is 0 Å². The number of phenols is 1. The van der Waals surface area contributed by atoms with Crippen molar-refractivity contribution in [2.45, 2.75) is 64.9 Å². The van der Waals surface area contributed by atoms with Gasteiger partial charge in [0.15, 0.2) is 5.78 Å². The molecule has 5 rings (SSSR count). The van der Waals surface area contributed by atoms with Gasteiger partial charge in [0.1, 0.15) is 22.8 Å². The molecule has 3 aromatic carbocycles. The smallest absolute Gasteiger partial charge is 0.196 e. The van der Waals surface area contributed by atoms with Gasteiger partial charge in [0, 0.05) is 28.5 Å². The molecule has 202 valence electrons. The van der Waals surface area contributed by atoms with E-state index >= 15 is 0 Å². The van der Waals surface area contributed by atoms with Crippen molar-refractivity contribution < 1.29 is 19.4 Å². The molecule has 0 saturated carbocycles. The van der Waals surface area contributed by atoms with Crippen molar-refractivity contribution in [1.29, 1.82) is 0 Å². The van der Waals surface area contributed by atoms with Crippen LogP contribution in [0.15, 0.2) is 90.0 Å². The molecule has 3 atom stereocenters. The summed E-state index contributed by atoms with van der Waals surface area (Å²) in [5, 5.41) is 11.6. The number of carbonyl (C=O) groups is 1. The van der Waals surface area contributed by atoms with E-state index in [1.807, 2.05) is 42.5 Å². The normalized spacial score (nSPS) is 22.2. The van der Waals surface area contributed by atoms with Crippen LogP contribution in [0.3, 0.4) is 0 Å². The fraction of sp³-hybridized carbons (Fsp3) is 0.343. The van der Waals surface area contributed by atoms with Crippen LogP contribution in [0.1, 0.15) is 86.3 Å². The minimum absolute atomic E-state index is 0.00481. The number of benzene rings is 3. The molecule has 0 radical (unpaired) electrons. The summed E-state index contributed by atoms with van der Waals surface area (Å²) in [6.45, 7) is 9.12. The van der Waals surface area contributed by atoms with Crippen LogP contribution in [-0.4, -0.2) is 23.1 Å². The molecule has 0 aromatic heterocycles. The van der Waals surface area contributed by atoms with Gasteiger partial charge in [-0.15, -0.1) is 0 Å². The van der Waals surface area contributed by atoms with Crippen LogP contribution in [0.25, 0.3) is 0 Å². The number of aromatic hydroxyl groups is 1. The lowest BCUT2D eigenvalue weighted by molar-refractivity contribution is -0.0340. The summed E-state index contributed by atoms with van der Waals surface area (Å²) in [5.74, 6) is 1.10. The molecule has 3 aromatic rings. The Hall–Kier alpha value is -3.79. The molecule has 2 aliphatic heterocycles. The maximum atomic E-state index is 13.4. The van der Waals surface area contributed by atoms with Gasteiger partial charge in [-0.2, -0.15) is 0 Å². The second-order valence-electron chi connectivity index (χ2n) is 11.1. The van der Waals surface area contributed by atoms with Crippen LogP contribution in [0.5, 0.6) is 17.2 Å². The van der Waals surface area contributed by atoms with E-state index < -0.39 is 5.60 Å². The Kier molecular flexibility index (Phi) is 7.65. The first-order chi connectivity index (χ1) is 18.8. The maximum Gasteiger partial charge on any atom is 0.196 e. The Labute approximate surface area is 232 Å². The summed E-state index contributed by atoms with van der Waals surface area (Å²) in [6, 6.07) is 20.7. The molecule has 0 saturated heterocycles. The first kappa shape index (κ1) is 26.8. The summed E-state index contributed by atoms with van der Waals surface area (Å²) in [4.78, 5) is 13.4. The molecule has 0 aliphatic carbocycles. The van der Waals surface area contributed by atoms with Crippen molar-refractivity contribution in [2.75, 3.05) is 6.61 Å². The zero-order valence-corrected chi connectivity index (χ0v) is 23.4. The Bertz CT molecular complexity index is 1420.